The standard InChI is InChI=1S/C10H9FN2O4S/c1-17-10(14)6-13-18(15,16)8-2-3-9(11)7(4-8)5-12/h2-4,13H,6H2,1H3/i11-1. The molecule has 0 amide bonds. The maximum absolute atomic E-state index is 13.0. The first-order valence-electron chi connectivity index (χ1n) is 4.67. The second-order valence-electron chi connectivity index (χ2n) is 3.15. The SMILES string of the molecule is COC(=O)CNS(=O)(=O)c1ccc([18F])c(C#N)c1. The number of halogens is 1. The number of hydrogen-bond donors (Lipinski definition) is 1. The lowest BCUT2D eigenvalue weighted by atomic mass is 10.2. The van der Waals surface area contributed by atoms with Crippen molar-refractivity contribution in [3.8, 4) is 6.07 Å². The molecule has 0 fully saturated rings. The first-order chi connectivity index (χ1) is 8.40. The van der Waals surface area contributed by atoms with E-state index < -0.39 is 33.9 Å². The van der Waals surface area contributed by atoms with Crippen LogP contribution in [-0.2, 0) is 19.6 Å². The van der Waals surface area contributed by atoms with Crippen molar-refractivity contribution in [2.24, 2.45) is 0 Å². The molecule has 18 heavy (non-hydrogen) atoms. The second kappa shape index (κ2) is 5.57. The van der Waals surface area contributed by atoms with Gasteiger partial charge in [-0.25, -0.2) is 12.8 Å². The molecule has 0 radical (unpaired) electrons. The number of carbonyl (C=O) groups excluding carboxylic acids is 1. The molecule has 0 atom stereocenters. The molecule has 0 heterocycles. The number of nitrogens with zero attached hydrogens (tertiary/aromatic N) is 1. The number of sulfonamides is 1. The van der Waals surface area contributed by atoms with E-state index >= 15 is 0 Å². The predicted octanol–water partition coefficient (Wildman–Crippen LogP) is 0.149. The molecule has 8 heteroatoms. The summed E-state index contributed by atoms with van der Waals surface area (Å²) in [5, 5.41) is 8.59. The molecule has 0 saturated heterocycles. The summed E-state index contributed by atoms with van der Waals surface area (Å²) in [6.07, 6.45) is 0. The van der Waals surface area contributed by atoms with E-state index in [2.05, 4.69) is 4.74 Å². The Morgan fingerprint density at radius 1 is 1.56 bits per heavy atom. The van der Waals surface area contributed by atoms with E-state index in [0.29, 0.717) is 0 Å². The molecule has 1 N–H and O–H groups in total. The van der Waals surface area contributed by atoms with Gasteiger partial charge in [-0.05, 0) is 18.2 Å². The zero-order chi connectivity index (χ0) is 13.8. The van der Waals surface area contributed by atoms with Gasteiger partial charge in [0.05, 0.1) is 17.6 Å². The Bertz CT molecular complexity index is 607. The number of nitriles is 1. The van der Waals surface area contributed by atoms with Crippen LogP contribution in [0.15, 0.2) is 23.1 Å². The summed E-state index contributed by atoms with van der Waals surface area (Å²) >= 11 is 0. The number of ether oxygens (including phenoxy) is 1. The zero-order valence-electron chi connectivity index (χ0n) is 9.31. The van der Waals surface area contributed by atoms with Gasteiger partial charge < -0.3 is 4.74 Å². The minimum atomic E-state index is -3.98. The van der Waals surface area contributed by atoms with Gasteiger partial charge in [0.1, 0.15) is 18.4 Å². The van der Waals surface area contributed by atoms with Gasteiger partial charge >= 0.3 is 5.97 Å². The highest BCUT2D eigenvalue weighted by Crippen LogP contribution is 2.14. The average molecular weight is 271 g/mol. The first kappa shape index (κ1) is 14.1. The van der Waals surface area contributed by atoms with Gasteiger partial charge in [0.2, 0.25) is 10.0 Å². The highest BCUT2D eigenvalue weighted by Gasteiger charge is 2.17. The molecule has 1 aromatic carbocycles. The van der Waals surface area contributed by atoms with Gasteiger partial charge in [0.25, 0.3) is 0 Å². The number of hydrogen-bond acceptors (Lipinski definition) is 5. The molecule has 0 aromatic heterocycles. The number of methoxy groups -OCH3 is 1. The third-order valence-electron chi connectivity index (χ3n) is 2.00. The third kappa shape index (κ3) is 3.26. The molecule has 0 unspecified atom stereocenters. The molecule has 0 aliphatic heterocycles. The summed E-state index contributed by atoms with van der Waals surface area (Å²) in [7, 11) is -2.87. The van der Waals surface area contributed by atoms with Crippen molar-refractivity contribution < 1.29 is 22.3 Å². The molecule has 0 bridgehead atoms. The average Bonchev–Trinajstić information content (AvgIpc) is 2.36. The van der Waals surface area contributed by atoms with Crippen molar-refractivity contribution >= 4 is 16.0 Å². The third-order valence-corrected chi connectivity index (χ3v) is 3.40. The Labute approximate surface area is 103 Å². The summed E-state index contributed by atoms with van der Waals surface area (Å²) in [5.74, 6) is -1.58. The van der Waals surface area contributed by atoms with Crippen molar-refractivity contribution in [2.75, 3.05) is 13.7 Å². The van der Waals surface area contributed by atoms with Crippen LogP contribution in [0.2, 0.25) is 0 Å². The summed E-state index contributed by atoms with van der Waals surface area (Å²) < 4.78 is 42.6. The summed E-state index contributed by atoms with van der Waals surface area (Å²) in [5.41, 5.74) is -0.393. The molecule has 0 aliphatic carbocycles. The van der Waals surface area contributed by atoms with Gasteiger partial charge in [-0.1, -0.05) is 0 Å². The van der Waals surface area contributed by atoms with Crippen molar-refractivity contribution in [3.05, 3.63) is 29.6 Å². The van der Waals surface area contributed by atoms with Gasteiger partial charge in [-0.3, -0.25) is 4.79 Å². The van der Waals surface area contributed by atoms with Crippen molar-refractivity contribution in [1.29, 1.82) is 5.26 Å². The van der Waals surface area contributed by atoms with Gasteiger partial charge in [-0.2, -0.15) is 9.98 Å². The van der Waals surface area contributed by atoms with Crippen molar-refractivity contribution in [1.82, 2.24) is 4.72 Å². The second-order valence-corrected chi connectivity index (χ2v) is 4.92. The van der Waals surface area contributed by atoms with E-state index in [1.165, 1.54) is 6.07 Å². The minimum absolute atomic E-state index is 0.302. The van der Waals surface area contributed by atoms with Crippen LogP contribution in [0.5, 0.6) is 0 Å². The van der Waals surface area contributed by atoms with E-state index in [9.17, 15) is 17.6 Å². The molecule has 0 aliphatic rings. The van der Waals surface area contributed by atoms with E-state index in [1.54, 1.807) is 0 Å². The van der Waals surface area contributed by atoms with Crippen LogP contribution in [0, 0.1) is 17.1 Å². The topological polar surface area (TPSA) is 96.3 Å². The van der Waals surface area contributed by atoms with Gasteiger partial charge in [0, 0.05) is 0 Å². The lowest BCUT2D eigenvalue weighted by Gasteiger charge is -2.06. The maximum Gasteiger partial charge on any atom is 0.320 e. The highest BCUT2D eigenvalue weighted by atomic mass is 32.2. The van der Waals surface area contributed by atoms with Crippen LogP contribution >= 0.6 is 0 Å². The fourth-order valence-corrected chi connectivity index (χ4v) is 2.06. The molecular weight excluding hydrogens is 262 g/mol. The number of rotatable bonds is 4. The molecule has 1 aromatic rings. The number of benzene rings is 1. The molecule has 0 saturated carbocycles. The Kier molecular flexibility index (Phi) is 4.36. The predicted molar refractivity (Wildman–Crippen MR) is 58.3 cm³/mol. The zero-order valence-corrected chi connectivity index (χ0v) is 10.1. The number of carbonyl (C=O) groups is 1. The quantitative estimate of drug-likeness (QED) is 0.786. The monoisotopic (exact) mass is 271 g/mol. The minimum Gasteiger partial charge on any atom is -0.468 e. The molecule has 0 spiro atoms. The highest BCUT2D eigenvalue weighted by molar-refractivity contribution is 7.89. The molecule has 1 rings (SSSR count). The van der Waals surface area contributed by atoms with Crippen molar-refractivity contribution in [2.45, 2.75) is 4.90 Å². The Hall–Kier alpha value is -1.98. The van der Waals surface area contributed by atoms with Crippen LogP contribution in [0.3, 0.4) is 0 Å². The summed E-state index contributed by atoms with van der Waals surface area (Å²) in [4.78, 5) is 10.5. The smallest absolute Gasteiger partial charge is 0.320 e. The molecule has 6 nitrogen and oxygen atoms in total. The lowest BCUT2D eigenvalue weighted by molar-refractivity contribution is -0.139. The lowest BCUT2D eigenvalue weighted by Crippen LogP contribution is -2.30. The van der Waals surface area contributed by atoms with E-state index in [1.807, 2.05) is 4.72 Å². The van der Waals surface area contributed by atoms with E-state index in [4.69, 9.17) is 5.26 Å². The Morgan fingerprint density at radius 3 is 2.78 bits per heavy atom. The van der Waals surface area contributed by atoms with E-state index in [-0.39, 0.29) is 4.90 Å². The van der Waals surface area contributed by atoms with Crippen LogP contribution in [0.1, 0.15) is 5.56 Å². The molecule has 96 valence electrons. The first-order valence-corrected chi connectivity index (χ1v) is 6.15. The Morgan fingerprint density at radius 2 is 2.22 bits per heavy atom. The van der Waals surface area contributed by atoms with Crippen LogP contribution in [-0.4, -0.2) is 28.0 Å². The van der Waals surface area contributed by atoms with Crippen LogP contribution in [0.25, 0.3) is 0 Å². The number of esters is 1. The Balaban J connectivity index is 2.99. The van der Waals surface area contributed by atoms with Crippen molar-refractivity contribution in [3.63, 3.8) is 0 Å². The van der Waals surface area contributed by atoms with Gasteiger partial charge in [0.15, 0.2) is 0 Å². The maximum atomic E-state index is 13.0. The number of nitrogens with one attached hydrogen (secondary N) is 1. The van der Waals surface area contributed by atoms with Gasteiger partial charge in [-0.15, -0.1) is 0 Å². The normalized spacial score (nSPS) is 10.7. The van der Waals surface area contributed by atoms with Crippen LogP contribution in [0.4, 0.5) is 4.39 Å². The van der Waals surface area contributed by atoms with Crippen LogP contribution < -0.4 is 4.72 Å². The summed E-state index contributed by atoms with van der Waals surface area (Å²) in [6.45, 7) is -0.544. The van der Waals surface area contributed by atoms with E-state index in [0.717, 1.165) is 25.3 Å². The summed E-state index contributed by atoms with van der Waals surface area (Å²) in [6, 6.07) is 4.27. The fraction of sp³-hybridized carbons (Fsp3) is 0.200. The fourth-order valence-electron chi connectivity index (χ4n) is 1.07. The largest absolute Gasteiger partial charge is 0.468 e. The molecular formula is C10H9FN2O4S.